The molecule has 0 aliphatic heterocycles. The first-order chi connectivity index (χ1) is 8.68. The molecule has 5 nitrogen and oxygen atoms in total. The molecular formula is C13H24N2O3Si. The SMILES string of the molecule is CC(C)C[C@@H](Cc1cc([Si](C)(C)C)on1)NC(=O)O. The van der Waals surface area contributed by atoms with Gasteiger partial charge in [0.25, 0.3) is 0 Å². The van der Waals surface area contributed by atoms with Crippen molar-refractivity contribution in [2.75, 3.05) is 0 Å². The minimum Gasteiger partial charge on any atom is -0.465 e. The summed E-state index contributed by atoms with van der Waals surface area (Å²) in [6.07, 6.45) is 0.388. The third-order valence-electron chi connectivity index (χ3n) is 2.84. The second kappa shape index (κ2) is 6.23. The maximum Gasteiger partial charge on any atom is 0.404 e. The maximum atomic E-state index is 10.8. The number of hydrogen-bond donors (Lipinski definition) is 2. The molecule has 1 heterocycles. The molecule has 0 fully saturated rings. The van der Waals surface area contributed by atoms with E-state index in [4.69, 9.17) is 9.63 Å². The van der Waals surface area contributed by atoms with Gasteiger partial charge in [-0.3, -0.25) is 0 Å². The highest BCUT2D eigenvalue weighted by atomic mass is 28.3. The lowest BCUT2D eigenvalue weighted by Crippen LogP contribution is -2.37. The molecule has 0 saturated carbocycles. The summed E-state index contributed by atoms with van der Waals surface area (Å²) in [4.78, 5) is 10.8. The molecule has 1 aromatic heterocycles. The summed E-state index contributed by atoms with van der Waals surface area (Å²) >= 11 is 0. The first-order valence-corrected chi connectivity index (χ1v) is 10.1. The number of carbonyl (C=O) groups is 1. The van der Waals surface area contributed by atoms with Gasteiger partial charge >= 0.3 is 6.09 Å². The Bertz CT molecular complexity index is 424. The van der Waals surface area contributed by atoms with Crippen molar-refractivity contribution in [3.05, 3.63) is 11.8 Å². The minimum absolute atomic E-state index is 0.114. The Morgan fingerprint density at radius 1 is 1.47 bits per heavy atom. The van der Waals surface area contributed by atoms with Crippen molar-refractivity contribution in [2.45, 2.75) is 52.4 Å². The Morgan fingerprint density at radius 2 is 2.11 bits per heavy atom. The van der Waals surface area contributed by atoms with E-state index in [9.17, 15) is 4.79 Å². The van der Waals surface area contributed by atoms with E-state index < -0.39 is 14.2 Å². The van der Waals surface area contributed by atoms with E-state index in [2.05, 4.69) is 44.0 Å². The van der Waals surface area contributed by atoms with Crippen LogP contribution in [0.25, 0.3) is 0 Å². The van der Waals surface area contributed by atoms with E-state index in [1.54, 1.807) is 0 Å². The van der Waals surface area contributed by atoms with E-state index in [1.807, 2.05) is 6.07 Å². The van der Waals surface area contributed by atoms with Gasteiger partial charge in [0.2, 0.25) is 0 Å². The molecule has 1 amide bonds. The Kier molecular flexibility index (Phi) is 5.17. The van der Waals surface area contributed by atoms with Crippen LogP contribution in [0, 0.1) is 5.92 Å². The van der Waals surface area contributed by atoms with Crippen LogP contribution in [0.4, 0.5) is 4.79 Å². The van der Waals surface area contributed by atoms with Gasteiger partial charge in [-0.1, -0.05) is 38.6 Å². The van der Waals surface area contributed by atoms with Gasteiger partial charge in [0, 0.05) is 12.5 Å². The number of carboxylic acid groups (broad SMARTS) is 1. The molecule has 1 atom stereocenters. The van der Waals surface area contributed by atoms with E-state index >= 15 is 0 Å². The predicted octanol–water partition coefficient (Wildman–Crippen LogP) is 2.44. The molecule has 108 valence electrons. The molecule has 6 heteroatoms. The van der Waals surface area contributed by atoms with E-state index in [0.717, 1.165) is 17.5 Å². The molecule has 0 aromatic carbocycles. The molecule has 0 radical (unpaired) electrons. The third kappa shape index (κ3) is 5.46. The Balaban J connectivity index is 2.73. The molecular weight excluding hydrogens is 260 g/mol. The second-order valence-corrected chi connectivity index (χ2v) is 11.4. The summed E-state index contributed by atoms with van der Waals surface area (Å²) in [7, 11) is -1.49. The lowest BCUT2D eigenvalue weighted by atomic mass is 10.00. The zero-order chi connectivity index (χ0) is 14.6. The number of aromatic nitrogens is 1. The van der Waals surface area contributed by atoms with Gasteiger partial charge in [0.05, 0.1) is 5.69 Å². The predicted molar refractivity (Wildman–Crippen MR) is 77.6 cm³/mol. The fourth-order valence-electron chi connectivity index (χ4n) is 1.95. The molecule has 0 spiro atoms. The number of nitrogens with one attached hydrogen (secondary N) is 1. The Morgan fingerprint density at radius 3 is 2.53 bits per heavy atom. The molecule has 1 aromatic rings. The number of amides is 1. The average molecular weight is 284 g/mol. The molecule has 0 unspecified atom stereocenters. The van der Waals surface area contributed by atoms with Crippen LogP contribution in [0.15, 0.2) is 10.6 Å². The summed E-state index contributed by atoms with van der Waals surface area (Å²) in [5.74, 6) is 0.431. The number of hydrogen-bond acceptors (Lipinski definition) is 3. The molecule has 2 N–H and O–H groups in total. The molecule has 19 heavy (non-hydrogen) atoms. The van der Waals surface area contributed by atoms with E-state index in [0.29, 0.717) is 12.3 Å². The highest BCUT2D eigenvalue weighted by Gasteiger charge is 2.23. The smallest absolute Gasteiger partial charge is 0.404 e. The van der Waals surface area contributed by atoms with Crippen LogP contribution in [0.3, 0.4) is 0 Å². The van der Waals surface area contributed by atoms with Crippen molar-refractivity contribution < 1.29 is 14.4 Å². The monoisotopic (exact) mass is 284 g/mol. The fourth-order valence-corrected chi connectivity index (χ4v) is 2.87. The number of nitrogens with zero attached hydrogens (tertiary/aromatic N) is 1. The molecule has 0 aliphatic rings. The highest BCUT2D eigenvalue weighted by Crippen LogP contribution is 2.11. The number of rotatable bonds is 6. The quantitative estimate of drug-likeness (QED) is 0.787. The first kappa shape index (κ1) is 15.8. The highest BCUT2D eigenvalue weighted by molar-refractivity contribution is 6.87. The molecule has 0 bridgehead atoms. The Hall–Kier alpha value is -1.30. The van der Waals surface area contributed by atoms with Gasteiger partial charge in [-0.2, -0.15) is 0 Å². The first-order valence-electron chi connectivity index (χ1n) is 6.64. The molecule has 0 aliphatic carbocycles. The summed E-state index contributed by atoms with van der Waals surface area (Å²) < 4.78 is 5.38. The van der Waals surface area contributed by atoms with Gasteiger partial charge < -0.3 is 14.9 Å². The fraction of sp³-hybridized carbons (Fsp3) is 0.692. The van der Waals surface area contributed by atoms with Crippen molar-refractivity contribution in [3.63, 3.8) is 0 Å². The topological polar surface area (TPSA) is 75.4 Å². The van der Waals surface area contributed by atoms with Crippen LogP contribution in [-0.2, 0) is 6.42 Å². The maximum absolute atomic E-state index is 10.8. The lowest BCUT2D eigenvalue weighted by Gasteiger charge is -2.17. The van der Waals surface area contributed by atoms with Crippen molar-refractivity contribution in [2.24, 2.45) is 5.92 Å². The van der Waals surface area contributed by atoms with Crippen LogP contribution >= 0.6 is 0 Å². The van der Waals surface area contributed by atoms with E-state index in [-0.39, 0.29) is 6.04 Å². The van der Waals surface area contributed by atoms with Crippen molar-refractivity contribution in [3.8, 4) is 0 Å². The average Bonchev–Trinajstić information content (AvgIpc) is 2.62. The van der Waals surface area contributed by atoms with Crippen LogP contribution in [0.5, 0.6) is 0 Å². The van der Waals surface area contributed by atoms with Crippen molar-refractivity contribution in [1.82, 2.24) is 10.5 Å². The van der Waals surface area contributed by atoms with Gasteiger partial charge in [-0.15, -0.1) is 0 Å². The summed E-state index contributed by atoms with van der Waals surface area (Å²) in [5.41, 5.74) is 0.830. The molecule has 1 rings (SSSR count). The largest absolute Gasteiger partial charge is 0.465 e. The van der Waals surface area contributed by atoms with Gasteiger partial charge in [0.15, 0.2) is 0 Å². The molecule has 0 saturated heterocycles. The summed E-state index contributed by atoms with van der Waals surface area (Å²) in [6, 6.07) is 1.86. The van der Waals surface area contributed by atoms with Gasteiger partial charge in [-0.05, 0) is 18.4 Å². The van der Waals surface area contributed by atoms with Crippen molar-refractivity contribution >= 4 is 19.6 Å². The van der Waals surface area contributed by atoms with Gasteiger partial charge in [0.1, 0.15) is 13.5 Å². The van der Waals surface area contributed by atoms with Gasteiger partial charge in [-0.25, -0.2) is 4.79 Å². The van der Waals surface area contributed by atoms with Crippen molar-refractivity contribution in [1.29, 1.82) is 0 Å². The second-order valence-electron chi connectivity index (χ2n) is 6.41. The lowest BCUT2D eigenvalue weighted by molar-refractivity contribution is 0.187. The van der Waals surface area contributed by atoms with Crippen LogP contribution in [0.1, 0.15) is 26.0 Å². The standard InChI is InChI=1S/C13H24N2O3Si/c1-9(2)6-10(14-13(16)17)7-11-8-12(18-15-11)19(3,4)5/h8-10,14H,6-7H2,1-5H3,(H,16,17)/t10-/m0/s1. The normalized spacial score (nSPS) is 13.6. The zero-order valence-electron chi connectivity index (χ0n) is 12.4. The minimum atomic E-state index is -1.49. The van der Waals surface area contributed by atoms with Crippen LogP contribution in [-0.4, -0.2) is 30.5 Å². The van der Waals surface area contributed by atoms with Crippen LogP contribution < -0.4 is 10.7 Å². The third-order valence-corrected chi connectivity index (χ3v) is 4.55. The van der Waals surface area contributed by atoms with Crippen LogP contribution in [0.2, 0.25) is 19.6 Å². The zero-order valence-corrected chi connectivity index (χ0v) is 13.4. The Labute approximate surface area is 115 Å². The summed E-state index contributed by atoms with van der Waals surface area (Å²) in [5, 5.41) is 16.4. The van der Waals surface area contributed by atoms with E-state index in [1.165, 1.54) is 0 Å². The summed E-state index contributed by atoms with van der Waals surface area (Å²) in [6.45, 7) is 10.7.